The first-order valence-corrected chi connectivity index (χ1v) is 8.86. The van der Waals surface area contributed by atoms with E-state index in [9.17, 15) is 0 Å². The molecule has 0 heterocycles. The van der Waals surface area contributed by atoms with Crippen LogP contribution in [0.15, 0.2) is 78.9 Å². The van der Waals surface area contributed by atoms with E-state index in [2.05, 4.69) is 79.0 Å². The highest BCUT2D eigenvalue weighted by Gasteiger charge is 1.98. The molecule has 0 atom stereocenters. The molecule has 0 bridgehead atoms. The van der Waals surface area contributed by atoms with Crippen molar-refractivity contribution in [3.05, 3.63) is 95.6 Å². The fourth-order valence-corrected chi connectivity index (χ4v) is 2.69. The SMILES string of the molecule is Cc1ccc(CNc2ccc(OCCCc3ccccc3)cc2)cc1. The van der Waals surface area contributed by atoms with E-state index in [-0.39, 0.29) is 0 Å². The summed E-state index contributed by atoms with van der Waals surface area (Å²) in [6, 6.07) is 27.3. The van der Waals surface area contributed by atoms with Crippen molar-refractivity contribution in [3.8, 4) is 5.75 Å². The fraction of sp³-hybridized carbons (Fsp3) is 0.217. The van der Waals surface area contributed by atoms with Crippen LogP contribution >= 0.6 is 0 Å². The zero-order chi connectivity index (χ0) is 17.3. The minimum Gasteiger partial charge on any atom is -0.494 e. The Bertz CT molecular complexity index is 748. The van der Waals surface area contributed by atoms with Gasteiger partial charge in [-0.3, -0.25) is 0 Å². The average Bonchev–Trinajstić information content (AvgIpc) is 2.67. The van der Waals surface area contributed by atoms with Crippen LogP contribution in [0.3, 0.4) is 0 Å². The van der Waals surface area contributed by atoms with E-state index >= 15 is 0 Å². The van der Waals surface area contributed by atoms with Gasteiger partial charge in [-0.2, -0.15) is 0 Å². The molecule has 128 valence electrons. The molecule has 0 radical (unpaired) electrons. The predicted molar refractivity (Wildman–Crippen MR) is 105 cm³/mol. The van der Waals surface area contributed by atoms with E-state index in [4.69, 9.17) is 4.74 Å². The molecule has 0 aliphatic carbocycles. The normalized spacial score (nSPS) is 10.4. The van der Waals surface area contributed by atoms with Crippen molar-refractivity contribution in [3.63, 3.8) is 0 Å². The minimum atomic E-state index is 0.741. The number of rotatable bonds is 8. The molecule has 2 heteroatoms. The lowest BCUT2D eigenvalue weighted by atomic mass is 10.1. The van der Waals surface area contributed by atoms with Gasteiger partial charge >= 0.3 is 0 Å². The van der Waals surface area contributed by atoms with E-state index in [0.29, 0.717) is 0 Å². The van der Waals surface area contributed by atoms with Crippen LogP contribution in [0.1, 0.15) is 23.1 Å². The fourth-order valence-electron chi connectivity index (χ4n) is 2.69. The van der Waals surface area contributed by atoms with Crippen LogP contribution in [0.4, 0.5) is 5.69 Å². The molecule has 1 N–H and O–H groups in total. The first kappa shape index (κ1) is 17.1. The Labute approximate surface area is 150 Å². The van der Waals surface area contributed by atoms with Crippen molar-refractivity contribution in [1.29, 1.82) is 0 Å². The number of nitrogens with one attached hydrogen (secondary N) is 1. The van der Waals surface area contributed by atoms with Crippen LogP contribution in [0, 0.1) is 6.92 Å². The number of aryl methyl sites for hydroxylation is 2. The molecule has 3 aromatic carbocycles. The molecule has 0 saturated heterocycles. The second kappa shape index (κ2) is 8.93. The predicted octanol–water partition coefficient (Wildman–Crippen LogP) is 5.62. The maximum Gasteiger partial charge on any atom is 0.119 e. The lowest BCUT2D eigenvalue weighted by Crippen LogP contribution is -2.01. The monoisotopic (exact) mass is 331 g/mol. The van der Waals surface area contributed by atoms with Crippen LogP contribution in [-0.4, -0.2) is 6.61 Å². The second-order valence-electron chi connectivity index (χ2n) is 6.30. The van der Waals surface area contributed by atoms with Gasteiger partial charge in [-0.15, -0.1) is 0 Å². The lowest BCUT2D eigenvalue weighted by Gasteiger charge is -2.09. The molecular weight excluding hydrogens is 306 g/mol. The van der Waals surface area contributed by atoms with Crippen molar-refractivity contribution in [2.75, 3.05) is 11.9 Å². The summed E-state index contributed by atoms with van der Waals surface area (Å²) < 4.78 is 5.83. The van der Waals surface area contributed by atoms with Gasteiger partial charge in [-0.1, -0.05) is 60.2 Å². The van der Waals surface area contributed by atoms with Crippen LogP contribution in [0.5, 0.6) is 5.75 Å². The number of anilines is 1. The average molecular weight is 331 g/mol. The highest BCUT2D eigenvalue weighted by atomic mass is 16.5. The Morgan fingerprint density at radius 1 is 0.760 bits per heavy atom. The van der Waals surface area contributed by atoms with Gasteiger partial charge in [0.1, 0.15) is 5.75 Å². The second-order valence-corrected chi connectivity index (χ2v) is 6.30. The molecular formula is C23H25NO. The number of hydrogen-bond donors (Lipinski definition) is 1. The topological polar surface area (TPSA) is 21.3 Å². The van der Waals surface area contributed by atoms with Gasteiger partial charge in [0.25, 0.3) is 0 Å². The number of ether oxygens (including phenoxy) is 1. The van der Waals surface area contributed by atoms with E-state index in [0.717, 1.165) is 37.4 Å². The summed E-state index contributed by atoms with van der Waals surface area (Å²) in [7, 11) is 0. The maximum absolute atomic E-state index is 5.83. The minimum absolute atomic E-state index is 0.741. The molecule has 0 aliphatic rings. The van der Waals surface area contributed by atoms with Gasteiger partial charge in [-0.25, -0.2) is 0 Å². The van der Waals surface area contributed by atoms with E-state index in [1.165, 1.54) is 16.7 Å². The summed E-state index contributed by atoms with van der Waals surface area (Å²) in [4.78, 5) is 0. The molecule has 0 fully saturated rings. The molecule has 3 aromatic rings. The van der Waals surface area contributed by atoms with Gasteiger partial charge < -0.3 is 10.1 Å². The standard InChI is InChI=1S/C23H25NO/c1-19-9-11-21(12-10-19)18-24-22-13-15-23(16-14-22)25-17-5-8-20-6-3-2-4-7-20/h2-4,6-7,9-16,24H,5,8,17-18H2,1H3. The molecule has 3 rings (SSSR count). The van der Waals surface area contributed by atoms with Crippen LogP contribution in [-0.2, 0) is 13.0 Å². The van der Waals surface area contributed by atoms with E-state index in [1.54, 1.807) is 0 Å². The quantitative estimate of drug-likeness (QED) is 0.541. The Morgan fingerprint density at radius 2 is 1.48 bits per heavy atom. The Morgan fingerprint density at radius 3 is 2.20 bits per heavy atom. The van der Waals surface area contributed by atoms with Crippen molar-refractivity contribution in [1.82, 2.24) is 0 Å². The van der Waals surface area contributed by atoms with Gasteiger partial charge in [0.15, 0.2) is 0 Å². The molecule has 0 aromatic heterocycles. The summed E-state index contributed by atoms with van der Waals surface area (Å²) >= 11 is 0. The Balaban J connectivity index is 1.40. The molecule has 0 spiro atoms. The van der Waals surface area contributed by atoms with Crippen LogP contribution in [0.2, 0.25) is 0 Å². The summed E-state index contributed by atoms with van der Waals surface area (Å²) in [6.45, 7) is 3.68. The Hall–Kier alpha value is -2.74. The number of hydrogen-bond acceptors (Lipinski definition) is 2. The van der Waals surface area contributed by atoms with E-state index in [1.807, 2.05) is 12.1 Å². The summed E-state index contributed by atoms with van der Waals surface area (Å²) in [6.07, 6.45) is 2.08. The van der Waals surface area contributed by atoms with Gasteiger partial charge in [0, 0.05) is 12.2 Å². The molecule has 0 aliphatic heterocycles. The number of benzene rings is 3. The third-order valence-electron chi connectivity index (χ3n) is 4.19. The molecule has 2 nitrogen and oxygen atoms in total. The van der Waals surface area contributed by atoms with Crippen molar-refractivity contribution in [2.45, 2.75) is 26.3 Å². The van der Waals surface area contributed by atoms with Crippen LogP contribution < -0.4 is 10.1 Å². The zero-order valence-electron chi connectivity index (χ0n) is 14.7. The summed E-state index contributed by atoms with van der Waals surface area (Å²) in [5, 5.41) is 3.44. The smallest absolute Gasteiger partial charge is 0.119 e. The third-order valence-corrected chi connectivity index (χ3v) is 4.19. The third kappa shape index (κ3) is 5.68. The van der Waals surface area contributed by atoms with Gasteiger partial charge in [0.2, 0.25) is 0 Å². The van der Waals surface area contributed by atoms with Gasteiger partial charge in [0.05, 0.1) is 6.61 Å². The van der Waals surface area contributed by atoms with Crippen molar-refractivity contribution >= 4 is 5.69 Å². The highest BCUT2D eigenvalue weighted by molar-refractivity contribution is 5.46. The van der Waals surface area contributed by atoms with E-state index < -0.39 is 0 Å². The molecule has 0 unspecified atom stereocenters. The van der Waals surface area contributed by atoms with Gasteiger partial charge in [-0.05, 0) is 55.2 Å². The maximum atomic E-state index is 5.83. The zero-order valence-corrected chi connectivity index (χ0v) is 14.7. The molecule has 0 saturated carbocycles. The Kier molecular flexibility index (Phi) is 6.11. The van der Waals surface area contributed by atoms with Crippen molar-refractivity contribution < 1.29 is 4.74 Å². The molecule has 0 amide bonds. The van der Waals surface area contributed by atoms with Crippen LogP contribution in [0.25, 0.3) is 0 Å². The summed E-state index contributed by atoms with van der Waals surface area (Å²) in [5.74, 6) is 0.925. The highest BCUT2D eigenvalue weighted by Crippen LogP contribution is 2.17. The first-order chi connectivity index (χ1) is 12.3. The summed E-state index contributed by atoms with van der Waals surface area (Å²) in [5.41, 5.74) is 5.04. The largest absolute Gasteiger partial charge is 0.494 e. The van der Waals surface area contributed by atoms with Crippen molar-refractivity contribution in [2.24, 2.45) is 0 Å². The first-order valence-electron chi connectivity index (χ1n) is 8.86. The molecule has 25 heavy (non-hydrogen) atoms. The lowest BCUT2D eigenvalue weighted by molar-refractivity contribution is 0.311.